The van der Waals surface area contributed by atoms with Crippen LogP contribution in [0.3, 0.4) is 0 Å². The van der Waals surface area contributed by atoms with Crippen molar-refractivity contribution in [2.24, 2.45) is 26.0 Å². The first-order valence-corrected chi connectivity index (χ1v) is 16.9. The van der Waals surface area contributed by atoms with Crippen LogP contribution < -0.4 is 14.8 Å². The topological polar surface area (TPSA) is 114 Å². The maximum absolute atomic E-state index is 13.3. The SMILES string of the molecule is C=N/C(=C(\N=C/C)n1ccc(OCC(C)(C)C(F)(F)F)n1)c1ccccc1CCCCCCN(CC(C)(C)CO)c1cccc(SN)n1. The minimum absolute atomic E-state index is 0.0491. The van der Waals surface area contributed by atoms with E-state index in [9.17, 15) is 18.3 Å². The molecular formula is C35H48F3N7O2S. The molecule has 3 aromatic rings. The summed E-state index contributed by atoms with van der Waals surface area (Å²) in [6.07, 6.45) is 3.50. The summed E-state index contributed by atoms with van der Waals surface area (Å²) >= 11 is 1.12. The van der Waals surface area contributed by atoms with E-state index in [-0.39, 0.29) is 17.9 Å². The van der Waals surface area contributed by atoms with Gasteiger partial charge in [-0.15, -0.1) is 5.10 Å². The molecule has 0 saturated heterocycles. The first-order chi connectivity index (χ1) is 22.7. The third kappa shape index (κ3) is 10.9. The summed E-state index contributed by atoms with van der Waals surface area (Å²) in [5.74, 6) is 1.28. The molecule has 3 rings (SSSR count). The highest BCUT2D eigenvalue weighted by Gasteiger charge is 2.48. The first kappa shape index (κ1) is 38.8. The van der Waals surface area contributed by atoms with Crippen LogP contribution in [0.25, 0.3) is 11.5 Å². The Labute approximate surface area is 286 Å². The molecule has 3 N–H and O–H groups in total. The molecule has 48 heavy (non-hydrogen) atoms. The molecule has 0 atom stereocenters. The van der Waals surface area contributed by atoms with Gasteiger partial charge < -0.3 is 14.7 Å². The smallest absolute Gasteiger partial charge is 0.397 e. The van der Waals surface area contributed by atoms with Crippen molar-refractivity contribution in [2.75, 3.05) is 31.2 Å². The maximum atomic E-state index is 13.3. The van der Waals surface area contributed by atoms with Crippen molar-refractivity contribution in [3.05, 3.63) is 65.9 Å². The van der Waals surface area contributed by atoms with Crippen molar-refractivity contribution in [3.63, 3.8) is 0 Å². The number of aliphatic hydroxyl groups excluding tert-OH is 1. The van der Waals surface area contributed by atoms with E-state index >= 15 is 0 Å². The number of aromatic nitrogens is 3. The van der Waals surface area contributed by atoms with Gasteiger partial charge in [-0.25, -0.2) is 14.7 Å². The zero-order valence-electron chi connectivity index (χ0n) is 28.5. The number of benzene rings is 1. The lowest BCUT2D eigenvalue weighted by molar-refractivity contribution is -0.219. The van der Waals surface area contributed by atoms with Gasteiger partial charge >= 0.3 is 6.18 Å². The van der Waals surface area contributed by atoms with E-state index < -0.39 is 18.2 Å². The van der Waals surface area contributed by atoms with Crippen molar-refractivity contribution in [1.29, 1.82) is 0 Å². The fraction of sp³-hybridized carbons (Fsp3) is 0.486. The number of unbranched alkanes of at least 4 members (excludes halogenated alkanes) is 3. The molecule has 0 spiro atoms. The van der Waals surface area contributed by atoms with E-state index in [2.05, 4.69) is 37.8 Å². The maximum Gasteiger partial charge on any atom is 0.397 e. The molecule has 0 aliphatic heterocycles. The van der Waals surface area contributed by atoms with Crippen molar-refractivity contribution < 1.29 is 23.0 Å². The molecule has 0 saturated carbocycles. The monoisotopic (exact) mass is 687 g/mol. The van der Waals surface area contributed by atoms with Crippen LogP contribution in [0.1, 0.15) is 71.4 Å². The Morgan fingerprint density at radius 1 is 1.06 bits per heavy atom. The van der Waals surface area contributed by atoms with Crippen LogP contribution >= 0.6 is 11.9 Å². The van der Waals surface area contributed by atoms with E-state index in [1.54, 1.807) is 19.3 Å². The number of pyridine rings is 1. The van der Waals surface area contributed by atoms with Crippen LogP contribution in [0.15, 0.2) is 69.7 Å². The lowest BCUT2D eigenvalue weighted by Crippen LogP contribution is -2.37. The number of halogens is 3. The summed E-state index contributed by atoms with van der Waals surface area (Å²) in [6, 6.07) is 15.2. The zero-order chi connectivity index (χ0) is 35.4. The summed E-state index contributed by atoms with van der Waals surface area (Å²) in [4.78, 5) is 15.7. The Hall–Kier alpha value is -3.68. The predicted octanol–water partition coefficient (Wildman–Crippen LogP) is 7.91. The molecule has 0 amide bonds. The quantitative estimate of drug-likeness (QED) is 0.0748. The Morgan fingerprint density at radius 3 is 2.46 bits per heavy atom. The lowest BCUT2D eigenvalue weighted by Gasteiger charge is -2.32. The van der Waals surface area contributed by atoms with Gasteiger partial charge in [0.1, 0.15) is 23.1 Å². The van der Waals surface area contributed by atoms with Gasteiger partial charge in [-0.1, -0.05) is 57.0 Å². The molecule has 0 bridgehead atoms. The van der Waals surface area contributed by atoms with E-state index in [1.807, 2.05) is 50.2 Å². The number of aliphatic imine (C=N–C) groups is 2. The molecule has 2 heterocycles. The fourth-order valence-corrected chi connectivity index (χ4v) is 5.20. The van der Waals surface area contributed by atoms with Crippen LogP contribution in [0, 0.1) is 10.8 Å². The zero-order valence-corrected chi connectivity index (χ0v) is 29.3. The fourth-order valence-electron chi connectivity index (χ4n) is 4.89. The third-order valence-corrected chi connectivity index (χ3v) is 8.32. The standard InChI is InChI=1S/C35H48F3N7O2S/c1-7-41-32(45-22-20-29(43-45)47-25-34(4,5)35(36,37)38)31(40-6)27-17-12-11-16-26(27)15-10-8-9-13-21-44(23-33(2,3)24-46)28-18-14-19-30(42-28)48-39/h7,11-12,14,16-20,22,46H,6,8-10,13,15,21,23-25,39H2,1-5H3/b32-31+,41-7-. The van der Waals surface area contributed by atoms with Crippen LogP contribution in [0.5, 0.6) is 5.88 Å². The van der Waals surface area contributed by atoms with Crippen LogP contribution in [0.4, 0.5) is 19.0 Å². The third-order valence-electron chi connectivity index (χ3n) is 7.85. The minimum Gasteiger partial charge on any atom is -0.476 e. The van der Waals surface area contributed by atoms with E-state index in [0.717, 1.165) is 86.4 Å². The molecule has 2 aromatic heterocycles. The summed E-state index contributed by atoms with van der Waals surface area (Å²) in [5, 5.41) is 20.7. The molecule has 0 unspecified atom stereocenters. The highest BCUT2D eigenvalue weighted by Crippen LogP contribution is 2.38. The first-order valence-electron chi connectivity index (χ1n) is 16.0. The largest absolute Gasteiger partial charge is 0.476 e. The summed E-state index contributed by atoms with van der Waals surface area (Å²) in [5.41, 5.74) is 0.113. The number of hydrogen-bond acceptors (Lipinski definition) is 9. The molecule has 1 aromatic carbocycles. The summed E-state index contributed by atoms with van der Waals surface area (Å²) < 4.78 is 46.8. The second-order valence-corrected chi connectivity index (χ2v) is 13.7. The number of aryl methyl sites for hydroxylation is 1. The van der Waals surface area contributed by atoms with Gasteiger partial charge in [0.25, 0.3) is 0 Å². The highest BCUT2D eigenvalue weighted by atomic mass is 32.2. The number of anilines is 1. The van der Waals surface area contributed by atoms with Crippen molar-refractivity contribution in [2.45, 2.75) is 77.9 Å². The highest BCUT2D eigenvalue weighted by molar-refractivity contribution is 7.97. The van der Waals surface area contributed by atoms with Crippen LogP contribution in [-0.4, -0.2) is 65.3 Å². The van der Waals surface area contributed by atoms with Gasteiger partial charge in [0, 0.05) is 49.2 Å². The normalized spacial score (nSPS) is 13.1. The molecule has 0 aliphatic rings. The summed E-state index contributed by atoms with van der Waals surface area (Å²) in [7, 11) is 0. The van der Waals surface area contributed by atoms with Gasteiger partial charge in [0.2, 0.25) is 5.88 Å². The molecule has 9 nitrogen and oxygen atoms in total. The number of aliphatic hydroxyl groups is 1. The second-order valence-electron chi connectivity index (χ2n) is 13.0. The van der Waals surface area contributed by atoms with E-state index in [0.29, 0.717) is 18.1 Å². The van der Waals surface area contributed by atoms with Crippen molar-refractivity contribution >= 4 is 42.2 Å². The number of hydrogen-bond donors (Lipinski definition) is 2. The Balaban J connectivity index is 1.69. The Kier molecular flexibility index (Phi) is 14.2. The van der Waals surface area contributed by atoms with E-state index in [4.69, 9.17) is 9.88 Å². The second kappa shape index (κ2) is 17.6. The number of nitrogens with zero attached hydrogens (tertiary/aromatic N) is 6. The van der Waals surface area contributed by atoms with Gasteiger partial charge in [0.15, 0.2) is 5.82 Å². The molecular weight excluding hydrogens is 639 g/mol. The molecule has 262 valence electrons. The number of alkyl halides is 3. The van der Waals surface area contributed by atoms with E-state index in [1.165, 1.54) is 10.7 Å². The van der Waals surface area contributed by atoms with Crippen molar-refractivity contribution in [1.82, 2.24) is 14.8 Å². The number of rotatable bonds is 19. The minimum atomic E-state index is -4.41. The average Bonchev–Trinajstić information content (AvgIpc) is 3.53. The van der Waals surface area contributed by atoms with Gasteiger partial charge in [-0.3, -0.25) is 10.1 Å². The number of ether oxygens (including phenoxy) is 1. The molecule has 0 fully saturated rings. The van der Waals surface area contributed by atoms with Gasteiger partial charge in [-0.05, 0) is 76.4 Å². The number of nitrogens with two attached hydrogens (primary N) is 1. The molecule has 0 radical (unpaired) electrons. The predicted molar refractivity (Wildman–Crippen MR) is 190 cm³/mol. The Morgan fingerprint density at radius 2 is 1.79 bits per heavy atom. The lowest BCUT2D eigenvalue weighted by atomic mass is 9.94. The van der Waals surface area contributed by atoms with Crippen LogP contribution in [-0.2, 0) is 6.42 Å². The van der Waals surface area contributed by atoms with Crippen molar-refractivity contribution in [3.8, 4) is 5.88 Å². The average molecular weight is 688 g/mol. The van der Waals surface area contributed by atoms with Gasteiger partial charge in [-0.2, -0.15) is 13.2 Å². The molecule has 0 aliphatic carbocycles. The Bertz CT molecular complexity index is 1540. The summed E-state index contributed by atoms with van der Waals surface area (Å²) in [6.45, 7) is 12.8. The molecule has 13 heteroatoms. The van der Waals surface area contributed by atoms with Gasteiger partial charge in [0.05, 0.1) is 5.41 Å². The van der Waals surface area contributed by atoms with Crippen LogP contribution in [0.2, 0.25) is 0 Å².